The van der Waals surface area contributed by atoms with Crippen LogP contribution < -0.4 is 33.7 Å². The summed E-state index contributed by atoms with van der Waals surface area (Å²) in [5, 5.41) is 4.02. The SMILES string of the molecule is COc1cc(C(=O)/C=C\Nc2ccc(-c3nc4cc(OC)c(OC)c(OC)c4s3)cc2C)c(Br)c(OC)c1OC. The van der Waals surface area contributed by atoms with E-state index in [1.807, 2.05) is 31.2 Å². The second-order valence-electron chi connectivity index (χ2n) is 8.39. The molecule has 0 amide bonds. The van der Waals surface area contributed by atoms with E-state index in [1.165, 1.54) is 38.7 Å². The fraction of sp³-hybridized carbons (Fsp3) is 0.241. The Kier molecular flexibility index (Phi) is 9.06. The lowest BCUT2D eigenvalue weighted by Crippen LogP contribution is -2.03. The van der Waals surface area contributed by atoms with Crippen LogP contribution in [0.25, 0.3) is 20.8 Å². The molecule has 0 saturated heterocycles. The van der Waals surface area contributed by atoms with E-state index < -0.39 is 0 Å². The number of benzene rings is 3. The lowest BCUT2D eigenvalue weighted by atomic mass is 10.1. The van der Waals surface area contributed by atoms with E-state index in [1.54, 1.807) is 33.6 Å². The van der Waals surface area contributed by atoms with E-state index in [0.717, 1.165) is 32.0 Å². The van der Waals surface area contributed by atoms with Gasteiger partial charge in [-0.25, -0.2) is 4.98 Å². The smallest absolute Gasteiger partial charge is 0.204 e. The van der Waals surface area contributed by atoms with Crippen LogP contribution in [0, 0.1) is 6.92 Å². The zero-order valence-electron chi connectivity index (χ0n) is 23.1. The van der Waals surface area contributed by atoms with Gasteiger partial charge in [0.15, 0.2) is 28.8 Å². The van der Waals surface area contributed by atoms with E-state index in [4.69, 9.17) is 33.4 Å². The van der Waals surface area contributed by atoms with Gasteiger partial charge in [0.05, 0.1) is 52.6 Å². The Hall–Kier alpha value is -3.96. The first-order chi connectivity index (χ1) is 19.3. The first-order valence-electron chi connectivity index (χ1n) is 12.0. The summed E-state index contributed by atoms with van der Waals surface area (Å²) in [7, 11) is 9.26. The average Bonchev–Trinajstić information content (AvgIpc) is 3.40. The second-order valence-corrected chi connectivity index (χ2v) is 10.2. The van der Waals surface area contributed by atoms with Crippen LogP contribution in [-0.4, -0.2) is 53.4 Å². The molecule has 1 heterocycles. The number of aryl methyl sites for hydroxylation is 1. The number of nitrogens with zero attached hydrogens (tertiary/aromatic N) is 1. The van der Waals surface area contributed by atoms with Gasteiger partial charge in [-0.1, -0.05) is 0 Å². The number of halogens is 1. The van der Waals surface area contributed by atoms with E-state index >= 15 is 0 Å². The van der Waals surface area contributed by atoms with E-state index in [-0.39, 0.29) is 5.78 Å². The van der Waals surface area contributed by atoms with Gasteiger partial charge < -0.3 is 33.7 Å². The van der Waals surface area contributed by atoms with Gasteiger partial charge in [-0.2, -0.15) is 0 Å². The summed E-state index contributed by atoms with van der Waals surface area (Å²) in [6.07, 6.45) is 3.04. The van der Waals surface area contributed by atoms with Crippen molar-refractivity contribution in [3.63, 3.8) is 0 Å². The highest BCUT2D eigenvalue weighted by Gasteiger charge is 2.22. The number of thiazole rings is 1. The Labute approximate surface area is 244 Å². The molecular formula is C29H29BrN2O7S. The third-order valence-electron chi connectivity index (χ3n) is 6.17. The number of carbonyl (C=O) groups is 1. The summed E-state index contributed by atoms with van der Waals surface area (Å²) in [5.41, 5.74) is 3.90. The second kappa shape index (κ2) is 12.5. The molecule has 0 aliphatic rings. The lowest BCUT2D eigenvalue weighted by molar-refractivity contribution is 0.104. The van der Waals surface area contributed by atoms with Crippen molar-refractivity contribution in [3.05, 3.63) is 58.2 Å². The molecule has 4 rings (SSSR count). The molecule has 4 aromatic rings. The predicted molar refractivity (Wildman–Crippen MR) is 160 cm³/mol. The number of anilines is 1. The van der Waals surface area contributed by atoms with Crippen molar-refractivity contribution in [2.24, 2.45) is 0 Å². The van der Waals surface area contributed by atoms with Gasteiger partial charge in [0.2, 0.25) is 11.5 Å². The summed E-state index contributed by atoms with van der Waals surface area (Å²) in [6.45, 7) is 1.98. The maximum Gasteiger partial charge on any atom is 0.204 e. The van der Waals surface area contributed by atoms with Crippen LogP contribution in [0.3, 0.4) is 0 Å². The number of ketones is 1. The predicted octanol–water partition coefficient (Wildman–Crippen LogP) is 6.89. The normalized spacial score (nSPS) is 11.0. The molecule has 40 heavy (non-hydrogen) atoms. The zero-order chi connectivity index (χ0) is 29.0. The highest BCUT2D eigenvalue weighted by molar-refractivity contribution is 9.10. The molecule has 0 unspecified atom stereocenters. The van der Waals surface area contributed by atoms with Crippen molar-refractivity contribution in [3.8, 4) is 45.1 Å². The van der Waals surface area contributed by atoms with Crippen LogP contribution in [0.2, 0.25) is 0 Å². The Morgan fingerprint density at radius 2 is 1.48 bits per heavy atom. The molecule has 1 N–H and O–H groups in total. The maximum absolute atomic E-state index is 13.0. The van der Waals surface area contributed by atoms with Crippen molar-refractivity contribution in [2.75, 3.05) is 48.0 Å². The fourth-order valence-electron chi connectivity index (χ4n) is 4.21. The molecule has 11 heteroatoms. The van der Waals surface area contributed by atoms with Gasteiger partial charge >= 0.3 is 0 Å². The molecule has 210 valence electrons. The van der Waals surface area contributed by atoms with E-state index in [9.17, 15) is 4.79 Å². The van der Waals surface area contributed by atoms with E-state index in [2.05, 4.69) is 21.2 Å². The first-order valence-corrected chi connectivity index (χ1v) is 13.6. The monoisotopic (exact) mass is 628 g/mol. The number of rotatable bonds is 11. The van der Waals surface area contributed by atoms with Crippen LogP contribution in [0.15, 0.2) is 47.1 Å². The molecule has 0 bridgehead atoms. The molecular weight excluding hydrogens is 600 g/mol. The van der Waals surface area contributed by atoms with Crippen LogP contribution in [-0.2, 0) is 0 Å². The Balaban J connectivity index is 1.58. The van der Waals surface area contributed by atoms with Crippen molar-refractivity contribution >= 4 is 49.0 Å². The quantitative estimate of drug-likeness (QED) is 0.140. The lowest BCUT2D eigenvalue weighted by Gasteiger charge is -2.15. The third-order valence-corrected chi connectivity index (χ3v) is 8.07. The molecule has 0 saturated carbocycles. The van der Waals surface area contributed by atoms with Gasteiger partial charge in [-0.15, -0.1) is 11.3 Å². The zero-order valence-corrected chi connectivity index (χ0v) is 25.5. The van der Waals surface area contributed by atoms with Crippen LogP contribution in [0.1, 0.15) is 15.9 Å². The maximum atomic E-state index is 13.0. The minimum absolute atomic E-state index is 0.248. The minimum atomic E-state index is -0.248. The Morgan fingerprint density at radius 1 is 0.850 bits per heavy atom. The number of carbonyl (C=O) groups excluding carboxylic acids is 1. The topological polar surface area (TPSA) is 97.4 Å². The first kappa shape index (κ1) is 29.0. The minimum Gasteiger partial charge on any atom is -0.493 e. The van der Waals surface area contributed by atoms with Gasteiger partial charge in [0.25, 0.3) is 0 Å². The van der Waals surface area contributed by atoms with Gasteiger partial charge in [0.1, 0.15) is 9.71 Å². The molecule has 0 aliphatic carbocycles. The van der Waals surface area contributed by atoms with Crippen molar-refractivity contribution in [1.82, 2.24) is 4.98 Å². The largest absolute Gasteiger partial charge is 0.493 e. The van der Waals surface area contributed by atoms with Gasteiger partial charge in [0, 0.05) is 35.2 Å². The number of ether oxygens (including phenoxy) is 6. The van der Waals surface area contributed by atoms with Crippen molar-refractivity contribution in [1.29, 1.82) is 0 Å². The molecule has 3 aromatic carbocycles. The molecule has 0 radical (unpaired) electrons. The van der Waals surface area contributed by atoms with E-state index in [0.29, 0.717) is 44.5 Å². The van der Waals surface area contributed by atoms with Crippen LogP contribution >= 0.6 is 27.3 Å². The Morgan fingerprint density at radius 3 is 2.08 bits per heavy atom. The summed E-state index contributed by atoms with van der Waals surface area (Å²) in [4.78, 5) is 17.8. The number of hydrogen-bond acceptors (Lipinski definition) is 10. The van der Waals surface area contributed by atoms with Gasteiger partial charge in [-0.3, -0.25) is 4.79 Å². The number of methoxy groups -OCH3 is 6. The van der Waals surface area contributed by atoms with Crippen LogP contribution in [0.4, 0.5) is 5.69 Å². The number of allylic oxidation sites excluding steroid dienone is 1. The summed E-state index contributed by atoms with van der Waals surface area (Å²) < 4.78 is 34.1. The standard InChI is InChI=1S/C29H29BrN2O7S/c1-15-12-16(29-32-19-14-22(35-3)25(37-5)27(39-7)28(19)40-29)8-9-18(15)31-11-10-20(33)17-13-21(34-2)24(36-4)26(38-6)23(17)30/h8-14,31H,1-7H3/b11-10-. The highest BCUT2D eigenvalue weighted by Crippen LogP contribution is 2.47. The number of fused-ring (bicyclic) bond motifs is 1. The highest BCUT2D eigenvalue weighted by atomic mass is 79.9. The molecule has 1 aromatic heterocycles. The number of hydrogen-bond donors (Lipinski definition) is 1. The summed E-state index contributed by atoms with van der Waals surface area (Å²) >= 11 is 4.96. The molecule has 0 aliphatic heterocycles. The summed E-state index contributed by atoms with van der Waals surface area (Å²) in [5.74, 6) is 2.59. The number of nitrogens with one attached hydrogen (secondary N) is 1. The van der Waals surface area contributed by atoms with Crippen molar-refractivity contribution in [2.45, 2.75) is 6.92 Å². The summed E-state index contributed by atoms with van der Waals surface area (Å²) in [6, 6.07) is 9.40. The van der Waals surface area contributed by atoms with Crippen LogP contribution in [0.5, 0.6) is 34.5 Å². The molecule has 9 nitrogen and oxygen atoms in total. The molecule has 0 spiro atoms. The average molecular weight is 630 g/mol. The fourth-order valence-corrected chi connectivity index (χ4v) is 5.92. The Bertz CT molecular complexity index is 1600. The molecule has 0 atom stereocenters. The molecule has 0 fully saturated rings. The van der Waals surface area contributed by atoms with Gasteiger partial charge in [-0.05, 0) is 52.7 Å². The number of aromatic nitrogens is 1. The van der Waals surface area contributed by atoms with Crippen molar-refractivity contribution < 1.29 is 33.2 Å². The third kappa shape index (κ3) is 5.39.